The third-order valence-electron chi connectivity index (χ3n) is 5.79. The molecule has 34 heavy (non-hydrogen) atoms. The summed E-state index contributed by atoms with van der Waals surface area (Å²) in [6.45, 7) is 3.62. The van der Waals surface area contributed by atoms with E-state index in [9.17, 15) is 22.4 Å². The predicted molar refractivity (Wildman–Crippen MR) is 119 cm³/mol. The van der Waals surface area contributed by atoms with Crippen LogP contribution in [0.1, 0.15) is 34.0 Å². The standard InChI is InChI=1S/C25H23F4N3O2/c1-2-19-20(8-9-21(23(19)26)24(30)33)22-10-7-17(11-31-22)34-18-13-32(14-18)12-15-3-5-16(6-4-15)25(27,28)29/h3-11,18H,2,12-14H2,1H3,(H2,30,33). The zero-order valence-electron chi connectivity index (χ0n) is 18.4. The van der Waals surface area contributed by atoms with Crippen molar-refractivity contribution in [2.75, 3.05) is 13.1 Å². The molecule has 1 saturated heterocycles. The summed E-state index contributed by atoms with van der Waals surface area (Å²) in [7, 11) is 0. The number of amides is 1. The average Bonchev–Trinajstić information content (AvgIpc) is 2.77. The number of rotatable bonds is 7. The highest BCUT2D eigenvalue weighted by Crippen LogP contribution is 2.30. The zero-order chi connectivity index (χ0) is 24.5. The van der Waals surface area contributed by atoms with E-state index in [-0.39, 0.29) is 11.7 Å². The Morgan fingerprint density at radius 2 is 1.82 bits per heavy atom. The number of carbonyl (C=O) groups excluding carboxylic acids is 1. The number of nitrogens with two attached hydrogens (primary N) is 1. The zero-order valence-corrected chi connectivity index (χ0v) is 18.4. The SMILES string of the molecule is CCc1c(-c2ccc(OC3CN(Cc4ccc(C(F)(F)F)cc4)C3)cn2)ccc(C(N)=O)c1F. The van der Waals surface area contributed by atoms with E-state index in [1.165, 1.54) is 18.2 Å². The maximum atomic E-state index is 14.6. The van der Waals surface area contributed by atoms with E-state index in [1.807, 2.05) is 0 Å². The molecule has 178 valence electrons. The van der Waals surface area contributed by atoms with E-state index in [4.69, 9.17) is 10.5 Å². The van der Waals surface area contributed by atoms with Crippen molar-refractivity contribution in [1.82, 2.24) is 9.88 Å². The summed E-state index contributed by atoms with van der Waals surface area (Å²) in [5.74, 6) is -0.879. The molecule has 2 aromatic carbocycles. The Morgan fingerprint density at radius 1 is 1.12 bits per heavy atom. The van der Waals surface area contributed by atoms with Crippen molar-refractivity contribution >= 4 is 5.91 Å². The van der Waals surface area contributed by atoms with E-state index in [0.29, 0.717) is 48.6 Å². The molecule has 1 aliphatic rings. The number of nitrogens with zero attached hydrogens (tertiary/aromatic N) is 2. The minimum Gasteiger partial charge on any atom is -0.486 e. The van der Waals surface area contributed by atoms with Gasteiger partial charge in [-0.25, -0.2) is 4.39 Å². The number of ether oxygens (including phenoxy) is 1. The predicted octanol–water partition coefficient (Wildman–Crippen LogP) is 4.83. The van der Waals surface area contributed by atoms with Crippen molar-refractivity contribution in [2.24, 2.45) is 5.73 Å². The van der Waals surface area contributed by atoms with Gasteiger partial charge in [-0.2, -0.15) is 13.2 Å². The van der Waals surface area contributed by atoms with E-state index < -0.39 is 23.5 Å². The largest absolute Gasteiger partial charge is 0.486 e. The van der Waals surface area contributed by atoms with E-state index in [1.54, 1.807) is 31.3 Å². The lowest BCUT2D eigenvalue weighted by Gasteiger charge is -2.39. The van der Waals surface area contributed by atoms with Crippen molar-refractivity contribution in [3.63, 3.8) is 0 Å². The lowest BCUT2D eigenvalue weighted by Crippen LogP contribution is -2.53. The van der Waals surface area contributed by atoms with Crippen LogP contribution < -0.4 is 10.5 Å². The average molecular weight is 473 g/mol. The number of hydrogen-bond acceptors (Lipinski definition) is 4. The van der Waals surface area contributed by atoms with Gasteiger partial charge in [-0.1, -0.05) is 25.1 Å². The Labute approximate surface area is 194 Å². The Balaban J connectivity index is 1.34. The summed E-state index contributed by atoms with van der Waals surface area (Å²) < 4.78 is 58.6. The van der Waals surface area contributed by atoms with Gasteiger partial charge in [-0.3, -0.25) is 14.7 Å². The molecule has 0 atom stereocenters. The summed E-state index contributed by atoms with van der Waals surface area (Å²) in [4.78, 5) is 17.9. The molecule has 1 aliphatic heterocycles. The highest BCUT2D eigenvalue weighted by Gasteiger charge is 2.31. The van der Waals surface area contributed by atoms with Crippen LogP contribution in [0.5, 0.6) is 5.75 Å². The van der Waals surface area contributed by atoms with Crippen molar-refractivity contribution < 1.29 is 27.1 Å². The third kappa shape index (κ3) is 5.04. The van der Waals surface area contributed by atoms with Crippen LogP contribution in [0.2, 0.25) is 0 Å². The molecule has 0 unspecified atom stereocenters. The first-order valence-electron chi connectivity index (χ1n) is 10.8. The van der Waals surface area contributed by atoms with Crippen molar-refractivity contribution in [2.45, 2.75) is 32.2 Å². The van der Waals surface area contributed by atoms with Crippen LogP contribution in [0.4, 0.5) is 17.6 Å². The summed E-state index contributed by atoms with van der Waals surface area (Å²) in [6.07, 6.45) is -2.45. The number of pyridine rings is 1. The number of halogens is 4. The minimum absolute atomic E-state index is 0.0550. The summed E-state index contributed by atoms with van der Waals surface area (Å²) >= 11 is 0. The first-order chi connectivity index (χ1) is 16.2. The number of aromatic nitrogens is 1. The molecule has 3 aromatic rings. The van der Waals surface area contributed by atoms with Crippen molar-refractivity contribution in [3.8, 4) is 17.0 Å². The highest BCUT2D eigenvalue weighted by molar-refractivity contribution is 5.94. The van der Waals surface area contributed by atoms with Gasteiger partial charge in [0.2, 0.25) is 0 Å². The molecule has 0 saturated carbocycles. The molecule has 0 bridgehead atoms. The molecule has 2 heterocycles. The molecule has 9 heteroatoms. The van der Waals surface area contributed by atoms with Crippen LogP contribution in [-0.4, -0.2) is 35.0 Å². The topological polar surface area (TPSA) is 68.4 Å². The fourth-order valence-corrected chi connectivity index (χ4v) is 3.98. The molecule has 1 aromatic heterocycles. The Bertz CT molecular complexity index is 1170. The lowest BCUT2D eigenvalue weighted by molar-refractivity contribution is -0.137. The normalized spacial score (nSPS) is 14.6. The molecule has 5 nitrogen and oxygen atoms in total. The first kappa shape index (κ1) is 23.7. The fraction of sp³-hybridized carbons (Fsp3) is 0.280. The maximum absolute atomic E-state index is 14.6. The summed E-state index contributed by atoms with van der Waals surface area (Å²) in [5, 5.41) is 0. The van der Waals surface area contributed by atoms with Crippen molar-refractivity contribution in [1.29, 1.82) is 0 Å². The van der Waals surface area contributed by atoms with Gasteiger partial charge in [0.05, 0.1) is 23.0 Å². The Morgan fingerprint density at radius 3 is 2.38 bits per heavy atom. The van der Waals surface area contributed by atoms with Gasteiger partial charge in [0, 0.05) is 25.2 Å². The molecule has 0 spiro atoms. The van der Waals surface area contributed by atoms with E-state index in [0.717, 1.165) is 17.7 Å². The van der Waals surface area contributed by atoms with Gasteiger partial charge in [0.15, 0.2) is 0 Å². The minimum atomic E-state index is -4.34. The van der Waals surface area contributed by atoms with Gasteiger partial charge in [0.1, 0.15) is 17.7 Å². The fourth-order valence-electron chi connectivity index (χ4n) is 3.98. The number of carbonyl (C=O) groups is 1. The third-order valence-corrected chi connectivity index (χ3v) is 5.79. The number of primary amides is 1. The molecule has 0 aliphatic carbocycles. The van der Waals surface area contributed by atoms with Crippen LogP contribution in [0.3, 0.4) is 0 Å². The molecular formula is C25H23F4N3O2. The lowest BCUT2D eigenvalue weighted by atomic mass is 9.98. The number of hydrogen-bond donors (Lipinski definition) is 1. The van der Waals surface area contributed by atoms with Gasteiger partial charge in [-0.15, -0.1) is 0 Å². The first-order valence-corrected chi connectivity index (χ1v) is 10.8. The maximum Gasteiger partial charge on any atom is 0.416 e. The van der Waals surface area contributed by atoms with Crippen LogP contribution >= 0.6 is 0 Å². The number of alkyl halides is 3. The Kier molecular flexibility index (Phi) is 6.56. The number of likely N-dealkylation sites (tertiary alicyclic amines) is 1. The Hall–Kier alpha value is -3.46. The van der Waals surface area contributed by atoms with E-state index in [2.05, 4.69) is 9.88 Å². The summed E-state index contributed by atoms with van der Waals surface area (Å²) in [6, 6.07) is 11.6. The monoisotopic (exact) mass is 473 g/mol. The van der Waals surface area contributed by atoms with Gasteiger partial charge in [0.25, 0.3) is 5.91 Å². The smallest absolute Gasteiger partial charge is 0.416 e. The molecular weight excluding hydrogens is 450 g/mol. The van der Waals surface area contributed by atoms with Crippen LogP contribution in [-0.2, 0) is 19.1 Å². The molecule has 1 amide bonds. The van der Waals surface area contributed by atoms with Crippen LogP contribution in [0.25, 0.3) is 11.3 Å². The highest BCUT2D eigenvalue weighted by atomic mass is 19.4. The number of benzene rings is 2. The van der Waals surface area contributed by atoms with Gasteiger partial charge < -0.3 is 10.5 Å². The van der Waals surface area contributed by atoms with Crippen LogP contribution in [0.15, 0.2) is 54.7 Å². The second-order valence-electron chi connectivity index (χ2n) is 8.18. The summed E-state index contributed by atoms with van der Waals surface area (Å²) in [5.41, 5.74) is 6.74. The quantitative estimate of drug-likeness (QED) is 0.499. The molecule has 2 N–H and O–H groups in total. The van der Waals surface area contributed by atoms with Crippen molar-refractivity contribution in [3.05, 3.63) is 82.8 Å². The van der Waals surface area contributed by atoms with Crippen LogP contribution in [0, 0.1) is 5.82 Å². The molecule has 1 fully saturated rings. The van der Waals surface area contributed by atoms with Gasteiger partial charge in [-0.05, 0) is 47.9 Å². The van der Waals surface area contributed by atoms with Gasteiger partial charge >= 0.3 is 6.18 Å². The molecule has 4 rings (SSSR count). The second kappa shape index (κ2) is 9.42. The molecule has 0 radical (unpaired) electrons. The van der Waals surface area contributed by atoms with E-state index >= 15 is 0 Å². The second-order valence-corrected chi connectivity index (χ2v) is 8.18.